The molecule has 22 heavy (non-hydrogen) atoms. The Morgan fingerprint density at radius 2 is 1.59 bits per heavy atom. The zero-order chi connectivity index (χ0) is 15.1. The first-order valence-corrected chi connectivity index (χ1v) is 7.79. The highest BCUT2D eigenvalue weighted by atomic mass is 14.2. The molecular weight excluding hydrogens is 264 g/mol. The van der Waals surface area contributed by atoms with Gasteiger partial charge in [-0.05, 0) is 64.8 Å². The second-order valence-corrected chi connectivity index (χ2v) is 6.01. The highest BCUT2D eigenvalue weighted by Crippen LogP contribution is 2.39. The van der Waals surface area contributed by atoms with Gasteiger partial charge in [-0.15, -0.1) is 5.73 Å². The zero-order valence-electron chi connectivity index (χ0n) is 12.8. The van der Waals surface area contributed by atoms with Crippen LogP contribution in [0.2, 0.25) is 0 Å². The number of hydrogen-bond acceptors (Lipinski definition) is 0. The van der Waals surface area contributed by atoms with Gasteiger partial charge in [0.25, 0.3) is 0 Å². The second-order valence-electron chi connectivity index (χ2n) is 6.01. The highest BCUT2D eigenvalue weighted by Gasteiger charge is 2.19. The van der Waals surface area contributed by atoms with Gasteiger partial charge in [-0.3, -0.25) is 0 Å². The molecule has 0 N–H and O–H groups in total. The van der Waals surface area contributed by atoms with Crippen molar-refractivity contribution in [3.8, 4) is 0 Å². The molecule has 0 aromatic heterocycles. The van der Waals surface area contributed by atoms with E-state index in [1.54, 1.807) is 0 Å². The van der Waals surface area contributed by atoms with Crippen molar-refractivity contribution < 1.29 is 0 Å². The molecule has 2 aliphatic carbocycles. The van der Waals surface area contributed by atoms with Crippen LogP contribution in [0.25, 0.3) is 16.7 Å². The average Bonchev–Trinajstić information content (AvgIpc) is 3.10. The van der Waals surface area contributed by atoms with Gasteiger partial charge in [0.1, 0.15) is 0 Å². The van der Waals surface area contributed by atoms with Crippen molar-refractivity contribution >= 4 is 16.7 Å². The highest BCUT2D eigenvalue weighted by molar-refractivity contribution is 6.00. The molecule has 0 saturated carbocycles. The van der Waals surface area contributed by atoms with E-state index in [9.17, 15) is 0 Å². The molecule has 2 aromatic rings. The van der Waals surface area contributed by atoms with Crippen LogP contribution in [0.3, 0.4) is 0 Å². The van der Waals surface area contributed by atoms with Gasteiger partial charge in [0, 0.05) is 5.57 Å². The van der Waals surface area contributed by atoms with E-state index in [1.165, 1.54) is 39.0 Å². The lowest BCUT2D eigenvalue weighted by atomic mass is 9.99. The zero-order valence-corrected chi connectivity index (χ0v) is 12.8. The maximum Gasteiger partial charge on any atom is 0.00211 e. The van der Waals surface area contributed by atoms with Crippen LogP contribution < -0.4 is 0 Å². The lowest BCUT2D eigenvalue weighted by Gasteiger charge is -2.04. The molecule has 0 fully saturated rings. The smallest absolute Gasteiger partial charge is 0.00211 e. The Hall–Kier alpha value is -2.56. The molecule has 0 atom stereocenters. The Balaban J connectivity index is 1.84. The number of allylic oxidation sites excluding steroid dienone is 4. The van der Waals surface area contributed by atoms with Gasteiger partial charge in [0.15, 0.2) is 0 Å². The molecular formula is C22H18. The Morgan fingerprint density at radius 3 is 2.41 bits per heavy atom. The van der Waals surface area contributed by atoms with Gasteiger partial charge in [0.2, 0.25) is 0 Å². The first-order valence-electron chi connectivity index (χ1n) is 7.79. The normalized spacial score (nSPS) is 15.2. The Labute approximate surface area is 131 Å². The minimum absolute atomic E-state index is 1.09. The van der Waals surface area contributed by atoms with Crippen molar-refractivity contribution in [2.45, 2.75) is 19.8 Å². The van der Waals surface area contributed by atoms with Crippen LogP contribution in [0, 0.1) is 0 Å². The monoisotopic (exact) mass is 282 g/mol. The Bertz CT molecular complexity index is 884. The fraction of sp³-hybridized carbons (Fsp3) is 0.136. The van der Waals surface area contributed by atoms with E-state index in [4.69, 9.17) is 0 Å². The van der Waals surface area contributed by atoms with Crippen molar-refractivity contribution in [1.29, 1.82) is 0 Å². The summed E-state index contributed by atoms with van der Waals surface area (Å²) in [4.78, 5) is 0. The third kappa shape index (κ3) is 2.01. The number of benzene rings is 2. The quantitative estimate of drug-likeness (QED) is 0.591. The predicted octanol–water partition coefficient (Wildman–Crippen LogP) is 5.67. The molecule has 2 aromatic carbocycles. The predicted molar refractivity (Wildman–Crippen MR) is 94.3 cm³/mol. The maximum absolute atomic E-state index is 4.17. The van der Waals surface area contributed by atoms with E-state index in [2.05, 4.69) is 73.8 Å². The first kappa shape index (κ1) is 13.1. The fourth-order valence-electron chi connectivity index (χ4n) is 3.49. The summed E-state index contributed by atoms with van der Waals surface area (Å²) in [7, 11) is 0. The minimum atomic E-state index is 1.09. The van der Waals surface area contributed by atoms with Crippen molar-refractivity contribution in [2.24, 2.45) is 0 Å². The van der Waals surface area contributed by atoms with Crippen LogP contribution in [0.1, 0.15) is 35.6 Å². The van der Waals surface area contributed by atoms with E-state index in [-0.39, 0.29) is 0 Å². The van der Waals surface area contributed by atoms with Gasteiger partial charge in [-0.25, -0.2) is 0 Å². The number of rotatable bonds is 1. The molecule has 0 unspecified atom stereocenters. The lowest BCUT2D eigenvalue weighted by molar-refractivity contribution is 1.08. The largest absolute Gasteiger partial charge is 0.113 e. The summed E-state index contributed by atoms with van der Waals surface area (Å²) < 4.78 is 0. The third-order valence-electron chi connectivity index (χ3n) is 4.61. The van der Waals surface area contributed by atoms with Crippen LogP contribution in [0.4, 0.5) is 0 Å². The molecule has 0 bridgehead atoms. The van der Waals surface area contributed by atoms with Gasteiger partial charge in [-0.2, -0.15) is 0 Å². The molecule has 4 rings (SSSR count). The van der Waals surface area contributed by atoms with Crippen molar-refractivity contribution in [3.63, 3.8) is 0 Å². The van der Waals surface area contributed by atoms with Gasteiger partial charge >= 0.3 is 0 Å². The molecule has 0 radical (unpaired) electrons. The SMILES string of the molecule is C=C1C=C(C(C)=C=C2CCc3ccccc32)c2ccccc21. The molecule has 0 saturated heterocycles. The van der Waals surface area contributed by atoms with E-state index < -0.39 is 0 Å². The van der Waals surface area contributed by atoms with Crippen LogP contribution in [0.15, 0.2) is 72.5 Å². The topological polar surface area (TPSA) is 0 Å². The summed E-state index contributed by atoms with van der Waals surface area (Å²) in [6.45, 7) is 6.33. The second kappa shape index (κ2) is 5.02. The third-order valence-corrected chi connectivity index (χ3v) is 4.61. The summed E-state index contributed by atoms with van der Waals surface area (Å²) in [6.07, 6.45) is 4.41. The molecule has 0 amide bonds. The van der Waals surface area contributed by atoms with Crippen LogP contribution >= 0.6 is 0 Å². The standard InChI is InChI=1S/C22H18/c1-15(13-18-12-11-17-7-3-4-9-20(17)18)22-14-16(2)19-8-5-6-10-21(19)22/h3-10,14H,2,11-12H2,1H3. The molecule has 0 spiro atoms. The van der Waals surface area contributed by atoms with Crippen molar-refractivity contribution in [2.75, 3.05) is 0 Å². The van der Waals surface area contributed by atoms with Crippen LogP contribution in [-0.2, 0) is 6.42 Å². The average molecular weight is 282 g/mol. The van der Waals surface area contributed by atoms with Gasteiger partial charge in [-0.1, -0.05) is 55.1 Å². The van der Waals surface area contributed by atoms with Crippen molar-refractivity contribution in [1.82, 2.24) is 0 Å². The number of hydrogen-bond donors (Lipinski definition) is 0. The van der Waals surface area contributed by atoms with Crippen LogP contribution in [-0.4, -0.2) is 0 Å². The summed E-state index contributed by atoms with van der Waals surface area (Å²) >= 11 is 0. The van der Waals surface area contributed by atoms with Gasteiger partial charge in [0.05, 0.1) is 0 Å². The summed E-state index contributed by atoms with van der Waals surface area (Å²) in [5, 5.41) is 0. The summed E-state index contributed by atoms with van der Waals surface area (Å²) in [5.74, 6) is 0. The first-order chi connectivity index (χ1) is 10.7. The maximum atomic E-state index is 4.17. The fourth-order valence-corrected chi connectivity index (χ4v) is 3.49. The lowest BCUT2D eigenvalue weighted by Crippen LogP contribution is -1.85. The molecule has 0 heteroatoms. The number of aryl methyl sites for hydroxylation is 1. The molecule has 0 aliphatic heterocycles. The Morgan fingerprint density at radius 1 is 0.909 bits per heavy atom. The van der Waals surface area contributed by atoms with Crippen molar-refractivity contribution in [3.05, 3.63) is 94.7 Å². The molecule has 2 aliphatic rings. The van der Waals surface area contributed by atoms with E-state index >= 15 is 0 Å². The molecule has 106 valence electrons. The summed E-state index contributed by atoms with van der Waals surface area (Å²) in [6, 6.07) is 17.2. The van der Waals surface area contributed by atoms with Gasteiger partial charge < -0.3 is 0 Å². The summed E-state index contributed by atoms with van der Waals surface area (Å²) in [5.41, 5.74) is 13.9. The van der Waals surface area contributed by atoms with E-state index in [0.29, 0.717) is 0 Å². The number of fused-ring (bicyclic) bond motifs is 2. The van der Waals surface area contributed by atoms with E-state index in [0.717, 1.165) is 18.4 Å². The van der Waals surface area contributed by atoms with E-state index in [1.807, 2.05) is 0 Å². The minimum Gasteiger partial charge on any atom is -0.113 e. The molecule has 0 heterocycles. The van der Waals surface area contributed by atoms with Crippen LogP contribution in [0.5, 0.6) is 0 Å². The molecule has 0 nitrogen and oxygen atoms in total. The Kier molecular flexibility index (Phi) is 2.99.